The third-order valence-corrected chi connectivity index (χ3v) is 9.28. The summed E-state index contributed by atoms with van der Waals surface area (Å²) in [5.41, 5.74) is 0.317. The first-order valence-electron chi connectivity index (χ1n) is 15.6. The number of anilines is 2. The number of hydrazine groups is 1. The lowest BCUT2D eigenvalue weighted by Crippen LogP contribution is -2.36. The van der Waals surface area contributed by atoms with Crippen molar-refractivity contribution in [3.63, 3.8) is 0 Å². The number of nitrogens with one attached hydrogen (secondary N) is 1. The molecule has 2 aromatic rings. The van der Waals surface area contributed by atoms with E-state index in [1.807, 2.05) is 27.8 Å². The SMILES string of the molecule is C#C.CC.COC(COP(NC1(C=O)CC1)Oc1ccc(Cl)cc1)CC(C)N(C)c1ncnc(N(C)N)c1C.COC1CCCC1. The van der Waals surface area contributed by atoms with Gasteiger partial charge in [0.05, 0.1) is 24.4 Å². The molecule has 3 atom stereocenters. The van der Waals surface area contributed by atoms with Crippen molar-refractivity contribution in [2.24, 2.45) is 5.84 Å². The first-order chi connectivity index (χ1) is 22.1. The molecular weight excluding hydrogens is 627 g/mol. The van der Waals surface area contributed by atoms with E-state index in [4.69, 9.17) is 36.0 Å². The van der Waals surface area contributed by atoms with Crippen molar-refractivity contribution in [1.29, 1.82) is 0 Å². The number of benzene rings is 1. The molecule has 2 aliphatic carbocycles. The Hall–Kier alpha value is -2.55. The number of aromatic nitrogens is 2. The number of aldehydes is 1. The third kappa shape index (κ3) is 13.7. The molecule has 3 N–H and O–H groups in total. The van der Waals surface area contributed by atoms with Crippen LogP contribution in [0.2, 0.25) is 5.02 Å². The van der Waals surface area contributed by atoms with E-state index in [0.29, 0.717) is 29.1 Å². The van der Waals surface area contributed by atoms with Crippen LogP contribution in [0.1, 0.15) is 71.3 Å². The second-order valence-corrected chi connectivity index (χ2v) is 12.6. The lowest BCUT2D eigenvalue weighted by molar-refractivity contribution is -0.110. The molecule has 0 saturated heterocycles. The first kappa shape index (κ1) is 41.5. The average Bonchev–Trinajstić information content (AvgIpc) is 3.64. The van der Waals surface area contributed by atoms with Crippen LogP contribution in [0.15, 0.2) is 30.6 Å². The normalized spacial score (nSPS) is 16.5. The number of nitrogens with zero attached hydrogens (tertiary/aromatic N) is 4. The summed E-state index contributed by atoms with van der Waals surface area (Å²) >= 11 is 5.98. The summed E-state index contributed by atoms with van der Waals surface area (Å²) in [6, 6.07) is 7.11. The summed E-state index contributed by atoms with van der Waals surface area (Å²) in [7, 11) is 5.61. The van der Waals surface area contributed by atoms with Gasteiger partial charge in [-0.15, -0.1) is 12.8 Å². The van der Waals surface area contributed by atoms with Crippen LogP contribution in [-0.4, -0.2) is 75.0 Å². The van der Waals surface area contributed by atoms with Gasteiger partial charge in [-0.05, 0) is 70.2 Å². The first-order valence-corrected chi connectivity index (χ1v) is 17.2. The van der Waals surface area contributed by atoms with Crippen molar-refractivity contribution >= 4 is 38.0 Å². The standard InChI is InChI=1S/C23H34ClN6O4P.C6H12O.C2H6.C2H2/c1-16(29(3)21-17(2)22(30(4)25)27-15-26-21)12-20(32-5)13-33-35(28-23(14-31)10-11-23)34-19-8-6-18(24)7-9-19;1-7-6-4-2-3-5-6;2*1-2/h6-9,14-16,20,28H,10-13,25H2,1-5H3;6H,2-5H2,1H3;1-2H3;1-2H. The van der Waals surface area contributed by atoms with Crippen molar-refractivity contribution in [3.05, 3.63) is 41.2 Å². The minimum atomic E-state index is -1.58. The van der Waals surface area contributed by atoms with Gasteiger partial charge in [0.15, 0.2) is 5.82 Å². The van der Waals surface area contributed by atoms with E-state index in [9.17, 15) is 4.79 Å². The van der Waals surface area contributed by atoms with Gasteiger partial charge in [0, 0.05) is 44.9 Å². The van der Waals surface area contributed by atoms with E-state index in [-0.39, 0.29) is 18.8 Å². The van der Waals surface area contributed by atoms with Crippen molar-refractivity contribution in [2.75, 3.05) is 44.8 Å². The van der Waals surface area contributed by atoms with E-state index in [2.05, 4.69) is 39.7 Å². The molecule has 2 fully saturated rings. The minimum absolute atomic E-state index is 0.0780. The van der Waals surface area contributed by atoms with Gasteiger partial charge in [-0.3, -0.25) is 5.01 Å². The molecular formula is C33H54ClN6O5P. The Morgan fingerprint density at radius 2 is 1.72 bits per heavy atom. The number of halogens is 1. The largest absolute Gasteiger partial charge is 0.436 e. The molecule has 0 spiro atoms. The van der Waals surface area contributed by atoms with E-state index in [1.54, 1.807) is 45.5 Å². The molecule has 2 saturated carbocycles. The monoisotopic (exact) mass is 680 g/mol. The highest BCUT2D eigenvalue weighted by molar-refractivity contribution is 7.45. The summed E-state index contributed by atoms with van der Waals surface area (Å²) in [6.07, 6.45) is 18.3. The topological polar surface area (TPSA) is 124 Å². The number of methoxy groups -OCH3 is 2. The van der Waals surface area contributed by atoms with Gasteiger partial charge in [-0.25, -0.2) is 20.9 Å². The molecule has 4 rings (SSSR count). The zero-order chi connectivity index (χ0) is 34.7. The summed E-state index contributed by atoms with van der Waals surface area (Å²) in [5, 5.41) is 5.34. The Balaban J connectivity index is 0.000000825. The van der Waals surface area contributed by atoms with Crippen LogP contribution in [0.4, 0.5) is 11.6 Å². The maximum atomic E-state index is 11.5. The highest BCUT2D eigenvalue weighted by Crippen LogP contribution is 2.45. The van der Waals surface area contributed by atoms with E-state index in [0.717, 1.165) is 30.5 Å². The van der Waals surface area contributed by atoms with Crippen LogP contribution < -0.4 is 25.4 Å². The van der Waals surface area contributed by atoms with Crippen molar-refractivity contribution in [3.8, 4) is 18.6 Å². The van der Waals surface area contributed by atoms with Crippen LogP contribution in [0.5, 0.6) is 5.75 Å². The zero-order valence-electron chi connectivity index (χ0n) is 28.7. The number of carbonyl (C=O) groups is 1. The predicted octanol–water partition coefficient (Wildman–Crippen LogP) is 6.47. The van der Waals surface area contributed by atoms with E-state index < -0.39 is 14.1 Å². The minimum Gasteiger partial charge on any atom is -0.436 e. The fourth-order valence-electron chi connectivity index (χ4n) is 4.64. The number of hydrogen-bond donors (Lipinski definition) is 2. The Morgan fingerprint density at radius 3 is 2.20 bits per heavy atom. The molecule has 11 nitrogen and oxygen atoms in total. The molecule has 13 heteroatoms. The van der Waals surface area contributed by atoms with Crippen LogP contribution in [0.25, 0.3) is 0 Å². The lowest BCUT2D eigenvalue weighted by atomic mass is 10.1. The number of ether oxygens (including phenoxy) is 2. The third-order valence-electron chi connectivity index (χ3n) is 7.64. The Kier molecular flexibility index (Phi) is 19.9. The average molecular weight is 681 g/mol. The fourth-order valence-corrected chi connectivity index (χ4v) is 6.19. The van der Waals surface area contributed by atoms with Gasteiger partial charge < -0.3 is 28.2 Å². The summed E-state index contributed by atoms with van der Waals surface area (Å²) < 4.78 is 23.0. The Morgan fingerprint density at radius 1 is 1.13 bits per heavy atom. The maximum absolute atomic E-state index is 11.5. The van der Waals surface area contributed by atoms with Crippen LogP contribution in [0.3, 0.4) is 0 Å². The highest BCUT2D eigenvalue weighted by atomic mass is 35.5. The molecule has 2 aliphatic rings. The number of hydrogen-bond acceptors (Lipinski definition) is 11. The molecule has 1 aromatic carbocycles. The molecule has 46 heavy (non-hydrogen) atoms. The van der Waals surface area contributed by atoms with Gasteiger partial charge in [0.2, 0.25) is 0 Å². The van der Waals surface area contributed by atoms with Gasteiger partial charge >= 0.3 is 8.53 Å². The van der Waals surface area contributed by atoms with Crippen LogP contribution in [0, 0.1) is 19.8 Å². The van der Waals surface area contributed by atoms with Crippen LogP contribution >= 0.6 is 20.1 Å². The summed E-state index contributed by atoms with van der Waals surface area (Å²) in [4.78, 5) is 22.3. The molecule has 1 aromatic heterocycles. The van der Waals surface area contributed by atoms with Crippen molar-refractivity contribution < 1.29 is 23.3 Å². The van der Waals surface area contributed by atoms with Gasteiger partial charge in [-0.1, -0.05) is 38.3 Å². The number of rotatable bonds is 15. The molecule has 3 unspecified atom stereocenters. The van der Waals surface area contributed by atoms with E-state index in [1.165, 1.54) is 37.0 Å². The molecule has 0 radical (unpaired) electrons. The molecule has 1 heterocycles. The quantitative estimate of drug-likeness (QED) is 0.0707. The number of nitrogens with two attached hydrogens (primary N) is 1. The fraction of sp³-hybridized carbons (Fsp3) is 0.606. The van der Waals surface area contributed by atoms with Crippen molar-refractivity contribution in [2.45, 2.75) is 96.4 Å². The summed E-state index contributed by atoms with van der Waals surface area (Å²) in [6.45, 7) is 8.33. The maximum Gasteiger partial charge on any atom is 0.319 e. The Labute approximate surface area is 282 Å². The lowest BCUT2D eigenvalue weighted by Gasteiger charge is -2.31. The van der Waals surface area contributed by atoms with Gasteiger partial charge in [0.1, 0.15) is 24.2 Å². The molecule has 258 valence electrons. The predicted molar refractivity (Wildman–Crippen MR) is 189 cm³/mol. The van der Waals surface area contributed by atoms with Crippen LogP contribution in [-0.2, 0) is 18.8 Å². The molecule has 0 aliphatic heterocycles. The highest BCUT2D eigenvalue weighted by Gasteiger charge is 2.45. The molecule has 0 bridgehead atoms. The number of carbonyl (C=O) groups excluding carboxylic acids is 1. The number of terminal acetylenes is 1. The second kappa shape index (κ2) is 22.1. The summed E-state index contributed by atoms with van der Waals surface area (Å²) in [5.74, 6) is 7.97. The van der Waals surface area contributed by atoms with Gasteiger partial charge in [-0.2, -0.15) is 0 Å². The second-order valence-electron chi connectivity index (χ2n) is 10.9. The zero-order valence-corrected chi connectivity index (χ0v) is 30.4. The Bertz CT molecular complexity index is 1150. The van der Waals surface area contributed by atoms with E-state index >= 15 is 0 Å². The molecule has 0 amide bonds. The smallest absolute Gasteiger partial charge is 0.319 e. The van der Waals surface area contributed by atoms with Crippen molar-refractivity contribution in [1.82, 2.24) is 15.1 Å². The van der Waals surface area contributed by atoms with Gasteiger partial charge in [0.25, 0.3) is 0 Å².